The molecule has 0 spiro atoms. The average Bonchev–Trinajstić information content (AvgIpc) is 2.95. The normalized spacial score (nSPS) is 21.8. The summed E-state index contributed by atoms with van der Waals surface area (Å²) < 4.78 is 0. The molecule has 6 heteroatoms. The van der Waals surface area contributed by atoms with Crippen molar-refractivity contribution < 1.29 is 9.59 Å². The number of carbonyl (C=O) groups excluding carboxylic acids is 2. The number of fused-ring (bicyclic) bond motifs is 1. The van der Waals surface area contributed by atoms with Gasteiger partial charge in [0.1, 0.15) is 5.70 Å². The zero-order valence-electron chi connectivity index (χ0n) is 17.7. The van der Waals surface area contributed by atoms with E-state index in [1.54, 1.807) is 18.2 Å². The Balaban J connectivity index is 1.58. The van der Waals surface area contributed by atoms with Crippen LogP contribution in [0.5, 0.6) is 0 Å². The van der Waals surface area contributed by atoms with Crippen LogP contribution in [0.3, 0.4) is 0 Å². The Labute approximate surface area is 182 Å². The van der Waals surface area contributed by atoms with Crippen LogP contribution in [0.4, 0.5) is 10.5 Å². The van der Waals surface area contributed by atoms with Crippen molar-refractivity contribution in [1.82, 2.24) is 10.2 Å². The molecule has 156 valence electrons. The number of hydrogen-bond acceptors (Lipinski definition) is 3. The van der Waals surface area contributed by atoms with Crippen LogP contribution >= 0.6 is 11.6 Å². The van der Waals surface area contributed by atoms with Crippen molar-refractivity contribution in [1.29, 1.82) is 0 Å². The van der Waals surface area contributed by atoms with Gasteiger partial charge in [-0.2, -0.15) is 0 Å². The predicted octanol–water partition coefficient (Wildman–Crippen LogP) is 5.15. The van der Waals surface area contributed by atoms with Gasteiger partial charge in [0.2, 0.25) is 0 Å². The molecule has 2 aromatic carbocycles. The lowest BCUT2D eigenvalue weighted by atomic mass is 9.80. The van der Waals surface area contributed by atoms with Crippen LogP contribution in [-0.4, -0.2) is 29.4 Å². The lowest BCUT2D eigenvalue weighted by molar-refractivity contribution is -0.123. The van der Waals surface area contributed by atoms with Gasteiger partial charge in [0, 0.05) is 23.3 Å². The maximum atomic E-state index is 12.8. The van der Waals surface area contributed by atoms with E-state index in [9.17, 15) is 9.59 Å². The highest BCUT2D eigenvalue weighted by molar-refractivity contribution is 6.30. The Morgan fingerprint density at radius 1 is 1.17 bits per heavy atom. The van der Waals surface area contributed by atoms with E-state index in [0.29, 0.717) is 16.6 Å². The molecule has 1 fully saturated rings. The fourth-order valence-corrected chi connectivity index (χ4v) is 4.47. The molecule has 0 bridgehead atoms. The zero-order valence-corrected chi connectivity index (χ0v) is 18.5. The molecule has 2 aliphatic heterocycles. The van der Waals surface area contributed by atoms with Crippen molar-refractivity contribution in [3.8, 4) is 0 Å². The van der Waals surface area contributed by atoms with Gasteiger partial charge in [0.15, 0.2) is 0 Å². The Bertz CT molecular complexity index is 1040. The molecule has 2 aliphatic rings. The summed E-state index contributed by atoms with van der Waals surface area (Å²) in [4.78, 5) is 28.7. The number of imide groups is 1. The van der Waals surface area contributed by atoms with Crippen molar-refractivity contribution >= 4 is 35.3 Å². The van der Waals surface area contributed by atoms with Gasteiger partial charge in [-0.3, -0.25) is 9.69 Å². The van der Waals surface area contributed by atoms with Gasteiger partial charge in [0.25, 0.3) is 5.91 Å². The molecule has 3 amide bonds. The molecule has 0 radical (unpaired) electrons. The Kier molecular flexibility index (Phi) is 5.10. The minimum Gasteiger partial charge on any atom is -0.369 e. The summed E-state index contributed by atoms with van der Waals surface area (Å²) in [6.07, 6.45) is 2.82. The third-order valence-electron chi connectivity index (χ3n) is 6.18. The second-order valence-corrected chi connectivity index (χ2v) is 9.24. The van der Waals surface area contributed by atoms with E-state index in [1.165, 1.54) is 16.2 Å². The first kappa shape index (κ1) is 20.5. The van der Waals surface area contributed by atoms with Gasteiger partial charge < -0.3 is 10.2 Å². The van der Waals surface area contributed by atoms with E-state index >= 15 is 0 Å². The summed E-state index contributed by atoms with van der Waals surface area (Å²) in [7, 11) is 2.12. The molecule has 0 saturated carbocycles. The summed E-state index contributed by atoms with van der Waals surface area (Å²) >= 11 is 5.91. The Morgan fingerprint density at radius 2 is 1.87 bits per heavy atom. The minimum atomic E-state index is -0.408. The second-order valence-electron chi connectivity index (χ2n) is 8.80. The zero-order chi connectivity index (χ0) is 21.6. The summed E-state index contributed by atoms with van der Waals surface area (Å²) in [5, 5.41) is 3.33. The molecule has 0 unspecified atom stereocenters. The van der Waals surface area contributed by atoms with E-state index in [4.69, 9.17) is 11.6 Å². The summed E-state index contributed by atoms with van der Waals surface area (Å²) in [5.74, 6) is 0.0961. The van der Waals surface area contributed by atoms with Crippen LogP contribution in [0.25, 0.3) is 6.08 Å². The number of halogens is 1. The predicted molar refractivity (Wildman–Crippen MR) is 120 cm³/mol. The molecule has 2 heterocycles. The fraction of sp³-hybridized carbons (Fsp3) is 0.333. The summed E-state index contributed by atoms with van der Waals surface area (Å²) in [5.41, 5.74) is 4.63. The molecule has 1 N–H and O–H groups in total. The molecular formula is C24H26ClN3O2. The lowest BCUT2D eigenvalue weighted by Crippen LogP contribution is -2.45. The van der Waals surface area contributed by atoms with Crippen molar-refractivity contribution in [2.45, 2.75) is 45.2 Å². The molecule has 1 saturated heterocycles. The van der Waals surface area contributed by atoms with Crippen molar-refractivity contribution in [2.24, 2.45) is 0 Å². The lowest BCUT2D eigenvalue weighted by Gasteiger charge is -2.45. The van der Waals surface area contributed by atoms with Crippen LogP contribution in [0.2, 0.25) is 5.02 Å². The molecule has 1 atom stereocenters. The molecule has 0 aliphatic carbocycles. The smallest absolute Gasteiger partial charge is 0.329 e. The first-order chi connectivity index (χ1) is 14.2. The monoisotopic (exact) mass is 423 g/mol. The molecule has 4 rings (SSSR count). The van der Waals surface area contributed by atoms with Crippen LogP contribution in [-0.2, 0) is 11.3 Å². The number of carbonyl (C=O) groups is 2. The van der Waals surface area contributed by atoms with Crippen LogP contribution in [0.1, 0.15) is 49.8 Å². The highest BCUT2D eigenvalue weighted by Gasteiger charge is 2.35. The molecule has 5 nitrogen and oxygen atoms in total. The first-order valence-corrected chi connectivity index (χ1v) is 10.5. The number of rotatable bonds is 3. The number of hydrogen-bond donors (Lipinski definition) is 1. The highest BCUT2D eigenvalue weighted by Crippen LogP contribution is 2.42. The van der Waals surface area contributed by atoms with Gasteiger partial charge >= 0.3 is 6.03 Å². The number of urea groups is 1. The molecule has 0 aromatic heterocycles. The summed E-state index contributed by atoms with van der Waals surface area (Å²) in [6, 6.07) is 12.9. The van der Waals surface area contributed by atoms with Crippen LogP contribution in [0, 0.1) is 0 Å². The van der Waals surface area contributed by atoms with E-state index in [1.807, 2.05) is 18.2 Å². The maximum absolute atomic E-state index is 12.8. The number of amides is 3. The van der Waals surface area contributed by atoms with Crippen LogP contribution < -0.4 is 10.2 Å². The molecular weight excluding hydrogens is 398 g/mol. The topological polar surface area (TPSA) is 52.7 Å². The molecule has 2 aromatic rings. The Hall–Kier alpha value is -2.79. The standard InChI is InChI=1S/C24H26ClN3O2/c1-15-13-24(2,3)27(4)21-10-7-17(11-19(15)21)12-20-22(29)28(23(30)26-20)14-16-5-8-18(25)9-6-16/h5-12,15H,13-14H2,1-4H3,(H,26,30)/b20-12-/t15-/m0/s1. The van der Waals surface area contributed by atoms with Gasteiger partial charge in [0.05, 0.1) is 6.54 Å². The van der Waals surface area contributed by atoms with Gasteiger partial charge in [-0.25, -0.2) is 4.79 Å². The molecule has 30 heavy (non-hydrogen) atoms. The average molecular weight is 424 g/mol. The van der Waals surface area contributed by atoms with Gasteiger partial charge in [-0.05, 0) is 73.2 Å². The van der Waals surface area contributed by atoms with E-state index < -0.39 is 6.03 Å². The number of nitrogens with zero attached hydrogens (tertiary/aromatic N) is 2. The number of nitrogens with one attached hydrogen (secondary N) is 1. The maximum Gasteiger partial charge on any atom is 0.329 e. The van der Waals surface area contributed by atoms with Crippen molar-refractivity contribution in [3.63, 3.8) is 0 Å². The summed E-state index contributed by atoms with van der Waals surface area (Å²) in [6.45, 7) is 6.95. The van der Waals surface area contributed by atoms with Gasteiger partial charge in [-0.1, -0.05) is 36.7 Å². The quantitative estimate of drug-likeness (QED) is 0.548. The van der Waals surface area contributed by atoms with E-state index in [0.717, 1.165) is 17.5 Å². The fourth-order valence-electron chi connectivity index (χ4n) is 4.34. The third-order valence-corrected chi connectivity index (χ3v) is 6.44. The number of anilines is 1. The first-order valence-electron chi connectivity index (χ1n) is 10.1. The third kappa shape index (κ3) is 3.70. The van der Waals surface area contributed by atoms with Crippen LogP contribution in [0.15, 0.2) is 48.2 Å². The van der Waals surface area contributed by atoms with E-state index in [-0.39, 0.29) is 18.0 Å². The highest BCUT2D eigenvalue weighted by atomic mass is 35.5. The van der Waals surface area contributed by atoms with E-state index in [2.05, 4.69) is 50.2 Å². The Morgan fingerprint density at radius 3 is 2.57 bits per heavy atom. The SMILES string of the molecule is C[C@H]1CC(C)(C)N(C)c2ccc(/C=C3\NC(=O)N(Cc4ccc(Cl)cc4)C3=O)cc21. The van der Waals surface area contributed by atoms with Crippen molar-refractivity contribution in [3.05, 3.63) is 69.9 Å². The van der Waals surface area contributed by atoms with Gasteiger partial charge in [-0.15, -0.1) is 0 Å². The largest absolute Gasteiger partial charge is 0.369 e. The minimum absolute atomic E-state index is 0.101. The van der Waals surface area contributed by atoms with Crippen molar-refractivity contribution in [2.75, 3.05) is 11.9 Å². The number of benzene rings is 2. The second kappa shape index (κ2) is 7.47.